The van der Waals surface area contributed by atoms with Gasteiger partial charge in [0.25, 0.3) is 0 Å². The summed E-state index contributed by atoms with van der Waals surface area (Å²) in [5, 5.41) is 18.9. The summed E-state index contributed by atoms with van der Waals surface area (Å²) in [6.07, 6.45) is 1.53. The fourth-order valence-electron chi connectivity index (χ4n) is 2.19. The summed E-state index contributed by atoms with van der Waals surface area (Å²) < 4.78 is 0. The zero-order chi connectivity index (χ0) is 12.9. The SMILES string of the molecule is CCC(O)(CC)CN1CCN(CC(=O)O)CC1. The molecule has 2 N–H and O–H groups in total. The van der Waals surface area contributed by atoms with E-state index in [1.807, 2.05) is 18.7 Å². The van der Waals surface area contributed by atoms with E-state index < -0.39 is 11.6 Å². The Kier molecular flexibility index (Phi) is 5.36. The zero-order valence-corrected chi connectivity index (χ0v) is 10.9. The number of piperazine rings is 1. The molecule has 0 bridgehead atoms. The molecule has 0 radical (unpaired) electrons. The molecular formula is C12H24N2O3. The number of hydrogen-bond acceptors (Lipinski definition) is 4. The highest BCUT2D eigenvalue weighted by Crippen LogP contribution is 2.17. The van der Waals surface area contributed by atoms with E-state index in [1.165, 1.54) is 0 Å². The van der Waals surface area contributed by atoms with Gasteiger partial charge in [-0.05, 0) is 12.8 Å². The molecule has 1 saturated heterocycles. The quantitative estimate of drug-likeness (QED) is 0.701. The highest BCUT2D eigenvalue weighted by Gasteiger charge is 2.27. The van der Waals surface area contributed by atoms with Gasteiger partial charge in [0.1, 0.15) is 0 Å². The Balaban J connectivity index is 2.34. The number of carboxylic acids is 1. The first-order chi connectivity index (χ1) is 7.99. The predicted molar refractivity (Wildman–Crippen MR) is 66.0 cm³/mol. The molecule has 1 fully saturated rings. The van der Waals surface area contributed by atoms with Crippen LogP contribution >= 0.6 is 0 Å². The lowest BCUT2D eigenvalue weighted by Crippen LogP contribution is -2.52. The van der Waals surface area contributed by atoms with Gasteiger partial charge in [0.2, 0.25) is 0 Å². The van der Waals surface area contributed by atoms with Gasteiger partial charge in [-0.15, -0.1) is 0 Å². The molecule has 1 rings (SSSR count). The van der Waals surface area contributed by atoms with Crippen LogP contribution < -0.4 is 0 Å². The van der Waals surface area contributed by atoms with Crippen LogP contribution in [0.15, 0.2) is 0 Å². The van der Waals surface area contributed by atoms with E-state index in [4.69, 9.17) is 5.11 Å². The van der Waals surface area contributed by atoms with Crippen LogP contribution in [0.5, 0.6) is 0 Å². The molecule has 0 saturated carbocycles. The van der Waals surface area contributed by atoms with Gasteiger partial charge in [-0.25, -0.2) is 0 Å². The predicted octanol–water partition coefficient (Wildman–Crippen LogP) is 0.240. The molecule has 5 nitrogen and oxygen atoms in total. The molecule has 0 aliphatic carbocycles. The molecule has 0 spiro atoms. The van der Waals surface area contributed by atoms with E-state index in [2.05, 4.69) is 4.90 Å². The third-order valence-corrected chi connectivity index (χ3v) is 3.66. The number of nitrogens with zero attached hydrogens (tertiary/aromatic N) is 2. The van der Waals surface area contributed by atoms with Crippen LogP contribution in [0.4, 0.5) is 0 Å². The van der Waals surface area contributed by atoms with Crippen LogP contribution in [0.3, 0.4) is 0 Å². The molecule has 0 atom stereocenters. The topological polar surface area (TPSA) is 64.0 Å². The first-order valence-corrected chi connectivity index (χ1v) is 6.38. The Morgan fingerprint density at radius 2 is 1.59 bits per heavy atom. The first kappa shape index (κ1) is 14.4. The van der Waals surface area contributed by atoms with E-state index in [0.29, 0.717) is 6.54 Å². The van der Waals surface area contributed by atoms with Crippen molar-refractivity contribution < 1.29 is 15.0 Å². The molecule has 0 aromatic rings. The molecule has 1 heterocycles. The van der Waals surface area contributed by atoms with E-state index in [9.17, 15) is 9.90 Å². The normalized spacial score (nSPS) is 19.5. The van der Waals surface area contributed by atoms with Crippen LogP contribution in [0, 0.1) is 0 Å². The molecule has 0 aromatic carbocycles. The number of aliphatic hydroxyl groups is 1. The van der Waals surface area contributed by atoms with Crippen molar-refractivity contribution in [3.8, 4) is 0 Å². The second-order valence-electron chi connectivity index (χ2n) is 4.88. The molecule has 1 aliphatic heterocycles. The van der Waals surface area contributed by atoms with Crippen molar-refractivity contribution in [3.63, 3.8) is 0 Å². The summed E-state index contributed by atoms with van der Waals surface area (Å²) in [6.45, 7) is 8.06. The fraction of sp³-hybridized carbons (Fsp3) is 0.917. The van der Waals surface area contributed by atoms with Crippen molar-refractivity contribution in [2.75, 3.05) is 39.3 Å². The number of carboxylic acid groups (broad SMARTS) is 1. The number of rotatable bonds is 6. The molecule has 1 aliphatic rings. The van der Waals surface area contributed by atoms with Gasteiger partial charge in [-0.3, -0.25) is 14.6 Å². The number of β-amino-alcohol motifs (C(OH)–C–C–N with tert-alkyl or cyclic N) is 1. The number of hydrogen-bond donors (Lipinski definition) is 2. The highest BCUT2D eigenvalue weighted by molar-refractivity contribution is 5.69. The molecule has 17 heavy (non-hydrogen) atoms. The second-order valence-corrected chi connectivity index (χ2v) is 4.88. The minimum atomic E-state index is -0.767. The van der Waals surface area contributed by atoms with Crippen LogP contribution in [-0.4, -0.2) is 70.9 Å². The lowest BCUT2D eigenvalue weighted by atomic mass is 9.96. The van der Waals surface area contributed by atoms with Gasteiger partial charge in [-0.1, -0.05) is 13.8 Å². The Morgan fingerprint density at radius 1 is 1.12 bits per heavy atom. The van der Waals surface area contributed by atoms with Gasteiger partial charge < -0.3 is 10.2 Å². The van der Waals surface area contributed by atoms with E-state index in [0.717, 1.165) is 39.0 Å². The molecule has 0 amide bonds. The molecule has 0 unspecified atom stereocenters. The smallest absolute Gasteiger partial charge is 0.317 e. The molecule has 5 heteroatoms. The fourth-order valence-corrected chi connectivity index (χ4v) is 2.19. The maximum atomic E-state index is 10.6. The Labute approximate surface area is 103 Å². The average molecular weight is 244 g/mol. The molecular weight excluding hydrogens is 220 g/mol. The van der Waals surface area contributed by atoms with Crippen molar-refractivity contribution in [1.29, 1.82) is 0 Å². The van der Waals surface area contributed by atoms with Crippen molar-refractivity contribution >= 4 is 5.97 Å². The average Bonchev–Trinajstić information content (AvgIpc) is 2.31. The first-order valence-electron chi connectivity index (χ1n) is 6.38. The van der Waals surface area contributed by atoms with Gasteiger partial charge in [0, 0.05) is 32.7 Å². The highest BCUT2D eigenvalue weighted by atomic mass is 16.4. The minimum absolute atomic E-state index is 0.125. The van der Waals surface area contributed by atoms with E-state index in [1.54, 1.807) is 0 Å². The largest absolute Gasteiger partial charge is 0.480 e. The maximum absolute atomic E-state index is 10.6. The van der Waals surface area contributed by atoms with Crippen LogP contribution in [0.25, 0.3) is 0 Å². The van der Waals surface area contributed by atoms with Gasteiger partial charge >= 0.3 is 5.97 Å². The third-order valence-electron chi connectivity index (χ3n) is 3.66. The summed E-state index contributed by atoms with van der Waals surface area (Å²) in [6, 6.07) is 0. The zero-order valence-electron chi connectivity index (χ0n) is 10.9. The number of aliphatic carboxylic acids is 1. The maximum Gasteiger partial charge on any atom is 0.317 e. The van der Waals surface area contributed by atoms with E-state index in [-0.39, 0.29) is 6.54 Å². The van der Waals surface area contributed by atoms with Crippen molar-refractivity contribution in [2.24, 2.45) is 0 Å². The van der Waals surface area contributed by atoms with Crippen molar-refractivity contribution in [1.82, 2.24) is 9.80 Å². The van der Waals surface area contributed by atoms with E-state index >= 15 is 0 Å². The van der Waals surface area contributed by atoms with Gasteiger partial charge in [0.15, 0.2) is 0 Å². The Hall–Kier alpha value is -0.650. The van der Waals surface area contributed by atoms with Crippen molar-refractivity contribution in [2.45, 2.75) is 32.3 Å². The monoisotopic (exact) mass is 244 g/mol. The third kappa shape index (κ3) is 4.61. The van der Waals surface area contributed by atoms with Crippen LogP contribution in [-0.2, 0) is 4.79 Å². The molecule has 100 valence electrons. The molecule has 0 aromatic heterocycles. The Morgan fingerprint density at radius 3 is 2.00 bits per heavy atom. The Bertz CT molecular complexity index is 246. The van der Waals surface area contributed by atoms with Crippen LogP contribution in [0.2, 0.25) is 0 Å². The lowest BCUT2D eigenvalue weighted by molar-refractivity contribution is -0.138. The van der Waals surface area contributed by atoms with Gasteiger partial charge in [-0.2, -0.15) is 0 Å². The summed E-state index contributed by atoms with van der Waals surface area (Å²) in [7, 11) is 0. The van der Waals surface area contributed by atoms with Gasteiger partial charge in [0.05, 0.1) is 12.1 Å². The second kappa shape index (κ2) is 6.33. The summed E-state index contributed by atoms with van der Waals surface area (Å²) in [4.78, 5) is 14.7. The lowest BCUT2D eigenvalue weighted by Gasteiger charge is -2.38. The van der Waals surface area contributed by atoms with Crippen molar-refractivity contribution in [3.05, 3.63) is 0 Å². The standard InChI is InChI=1S/C12H24N2O3/c1-3-12(17,4-2)10-14-7-5-13(6-8-14)9-11(15)16/h17H,3-10H2,1-2H3,(H,15,16). The summed E-state index contributed by atoms with van der Waals surface area (Å²) >= 11 is 0. The minimum Gasteiger partial charge on any atom is -0.480 e. The van der Waals surface area contributed by atoms with Crippen LogP contribution in [0.1, 0.15) is 26.7 Å². The summed E-state index contributed by atoms with van der Waals surface area (Å²) in [5.74, 6) is -0.767. The summed E-state index contributed by atoms with van der Waals surface area (Å²) in [5.41, 5.74) is -0.588. The number of carbonyl (C=O) groups is 1.